The minimum absolute atomic E-state index is 0.280. The summed E-state index contributed by atoms with van der Waals surface area (Å²) in [7, 11) is 0. The third-order valence-corrected chi connectivity index (χ3v) is 8.56. The van der Waals surface area contributed by atoms with Gasteiger partial charge in [-0.2, -0.15) is 0 Å². The number of nitrogens with zero attached hydrogens (tertiary/aromatic N) is 1. The van der Waals surface area contributed by atoms with Crippen LogP contribution < -0.4 is 10.2 Å². The van der Waals surface area contributed by atoms with E-state index in [1.54, 1.807) is 0 Å². The minimum atomic E-state index is 0.280. The zero-order chi connectivity index (χ0) is 18.5. The fraction of sp³-hybridized carbons (Fsp3) is 0.696. The van der Waals surface area contributed by atoms with Crippen LogP contribution in [0.2, 0.25) is 0 Å². The number of halogens is 1. The van der Waals surface area contributed by atoms with Crippen molar-refractivity contribution >= 4 is 27.5 Å². The number of amides is 1. The number of nitrogens with one attached hydrogen (secondary N) is 1. The minimum Gasteiger partial charge on any atom is -0.371 e. The summed E-state index contributed by atoms with van der Waals surface area (Å²) in [4.78, 5) is 15.4. The van der Waals surface area contributed by atoms with Crippen LogP contribution in [0.1, 0.15) is 57.8 Å². The molecule has 1 amide bonds. The first kappa shape index (κ1) is 18.0. The van der Waals surface area contributed by atoms with Crippen molar-refractivity contribution in [2.24, 2.45) is 17.3 Å². The Balaban J connectivity index is 1.15. The third kappa shape index (κ3) is 3.66. The Morgan fingerprint density at radius 1 is 1.07 bits per heavy atom. The fourth-order valence-corrected chi connectivity index (χ4v) is 8.59. The number of anilines is 1. The van der Waals surface area contributed by atoms with Crippen molar-refractivity contribution in [3.05, 3.63) is 30.3 Å². The van der Waals surface area contributed by atoms with Crippen LogP contribution in [0.3, 0.4) is 0 Å². The van der Waals surface area contributed by atoms with Gasteiger partial charge in [-0.15, -0.1) is 0 Å². The van der Waals surface area contributed by atoms with E-state index in [1.807, 2.05) is 0 Å². The van der Waals surface area contributed by atoms with Gasteiger partial charge in [0.2, 0.25) is 5.91 Å². The first-order chi connectivity index (χ1) is 13.0. The number of para-hydroxylation sites is 1. The molecule has 1 aromatic carbocycles. The van der Waals surface area contributed by atoms with Crippen molar-refractivity contribution in [2.45, 2.75) is 68.2 Å². The monoisotopic (exact) mass is 430 g/mol. The summed E-state index contributed by atoms with van der Waals surface area (Å²) in [5.41, 5.74) is 1.58. The molecule has 5 aliphatic rings. The van der Waals surface area contributed by atoms with Crippen LogP contribution in [0.15, 0.2) is 30.3 Å². The maximum atomic E-state index is 12.9. The molecule has 146 valence electrons. The molecule has 0 radical (unpaired) electrons. The Morgan fingerprint density at radius 3 is 2.37 bits per heavy atom. The maximum absolute atomic E-state index is 12.9. The van der Waals surface area contributed by atoms with E-state index >= 15 is 0 Å². The molecule has 2 unspecified atom stereocenters. The molecular weight excluding hydrogens is 400 g/mol. The second-order valence-electron chi connectivity index (χ2n) is 9.95. The summed E-state index contributed by atoms with van der Waals surface area (Å²) in [6.45, 7) is 2.07. The molecule has 1 saturated heterocycles. The SMILES string of the molecule is O=C(CC12CC3CC(CC(Br)(C3)C1)C2)NC1CCN(c2ccccc2)CC1. The lowest BCUT2D eigenvalue weighted by Crippen LogP contribution is -2.54. The second kappa shape index (κ2) is 6.79. The highest BCUT2D eigenvalue weighted by Crippen LogP contribution is 2.65. The number of alkyl halides is 1. The molecule has 0 aromatic heterocycles. The van der Waals surface area contributed by atoms with E-state index < -0.39 is 0 Å². The highest BCUT2D eigenvalue weighted by molar-refractivity contribution is 9.10. The molecule has 2 atom stereocenters. The molecule has 6 rings (SSSR count). The molecule has 1 N–H and O–H groups in total. The van der Waals surface area contributed by atoms with Crippen molar-refractivity contribution in [2.75, 3.05) is 18.0 Å². The molecule has 27 heavy (non-hydrogen) atoms. The van der Waals surface area contributed by atoms with Crippen LogP contribution in [0.5, 0.6) is 0 Å². The van der Waals surface area contributed by atoms with E-state index in [1.165, 1.54) is 44.2 Å². The van der Waals surface area contributed by atoms with E-state index in [0.29, 0.717) is 16.3 Å². The van der Waals surface area contributed by atoms with Gasteiger partial charge in [0, 0.05) is 35.6 Å². The molecule has 0 spiro atoms. The Bertz CT molecular complexity index is 684. The zero-order valence-corrected chi connectivity index (χ0v) is 17.7. The lowest BCUT2D eigenvalue weighted by atomic mass is 9.48. The number of hydrogen-bond acceptors (Lipinski definition) is 2. The van der Waals surface area contributed by atoms with Crippen molar-refractivity contribution in [3.63, 3.8) is 0 Å². The topological polar surface area (TPSA) is 32.3 Å². The first-order valence-electron chi connectivity index (χ1n) is 10.8. The first-order valence-corrected chi connectivity index (χ1v) is 11.6. The fourth-order valence-electron chi connectivity index (χ4n) is 7.08. The molecule has 4 saturated carbocycles. The molecule has 1 aromatic rings. The predicted octanol–water partition coefficient (Wildman–Crippen LogP) is 4.90. The average Bonchev–Trinajstić information content (AvgIpc) is 2.60. The van der Waals surface area contributed by atoms with E-state index in [9.17, 15) is 4.79 Å². The number of piperidine rings is 1. The summed E-state index contributed by atoms with van der Waals surface area (Å²) >= 11 is 4.07. The quantitative estimate of drug-likeness (QED) is 0.689. The Kier molecular flexibility index (Phi) is 4.53. The number of rotatable bonds is 4. The van der Waals surface area contributed by atoms with Gasteiger partial charge in [0.05, 0.1) is 0 Å². The number of benzene rings is 1. The second-order valence-corrected chi connectivity index (χ2v) is 11.6. The third-order valence-electron chi connectivity index (χ3n) is 7.63. The van der Waals surface area contributed by atoms with Gasteiger partial charge < -0.3 is 10.2 Å². The molecule has 4 heteroatoms. The zero-order valence-electron chi connectivity index (χ0n) is 16.1. The molecule has 1 heterocycles. The number of carbonyl (C=O) groups excluding carboxylic acids is 1. The van der Waals surface area contributed by atoms with Crippen LogP contribution in [0, 0.1) is 17.3 Å². The summed E-state index contributed by atoms with van der Waals surface area (Å²) in [5.74, 6) is 2.02. The normalized spacial score (nSPS) is 38.2. The van der Waals surface area contributed by atoms with Gasteiger partial charge in [0.25, 0.3) is 0 Å². The van der Waals surface area contributed by atoms with Crippen LogP contribution in [-0.4, -0.2) is 29.4 Å². The lowest BCUT2D eigenvalue weighted by Gasteiger charge is -2.60. The molecular formula is C23H31BrN2O. The van der Waals surface area contributed by atoms with Crippen LogP contribution in [0.25, 0.3) is 0 Å². The molecule has 5 fully saturated rings. The molecule has 3 nitrogen and oxygen atoms in total. The van der Waals surface area contributed by atoms with Gasteiger partial charge in [-0.1, -0.05) is 34.1 Å². The summed E-state index contributed by atoms with van der Waals surface area (Å²) in [6.07, 6.45) is 10.7. The van der Waals surface area contributed by atoms with Crippen LogP contribution in [0.4, 0.5) is 5.69 Å². The van der Waals surface area contributed by atoms with E-state index in [4.69, 9.17) is 0 Å². The largest absolute Gasteiger partial charge is 0.371 e. The van der Waals surface area contributed by atoms with Crippen LogP contribution >= 0.6 is 15.9 Å². The van der Waals surface area contributed by atoms with Gasteiger partial charge in [0.1, 0.15) is 0 Å². The summed E-state index contributed by atoms with van der Waals surface area (Å²) < 4.78 is 0.346. The van der Waals surface area contributed by atoms with Gasteiger partial charge in [0.15, 0.2) is 0 Å². The van der Waals surface area contributed by atoms with Gasteiger partial charge in [-0.05, 0) is 80.8 Å². The smallest absolute Gasteiger partial charge is 0.220 e. The van der Waals surface area contributed by atoms with Gasteiger partial charge >= 0.3 is 0 Å². The van der Waals surface area contributed by atoms with Crippen molar-refractivity contribution in [1.29, 1.82) is 0 Å². The predicted molar refractivity (Wildman–Crippen MR) is 113 cm³/mol. The highest BCUT2D eigenvalue weighted by atomic mass is 79.9. The lowest BCUT2D eigenvalue weighted by molar-refractivity contribution is -0.129. The summed E-state index contributed by atoms with van der Waals surface area (Å²) in [6, 6.07) is 11.0. The van der Waals surface area contributed by atoms with Crippen molar-refractivity contribution in [3.8, 4) is 0 Å². The molecule has 1 aliphatic heterocycles. The Morgan fingerprint density at radius 2 is 1.74 bits per heavy atom. The van der Waals surface area contributed by atoms with Gasteiger partial charge in [-0.3, -0.25) is 4.79 Å². The van der Waals surface area contributed by atoms with Crippen molar-refractivity contribution < 1.29 is 4.79 Å². The Hall–Kier alpha value is -1.03. The molecule has 4 bridgehead atoms. The van der Waals surface area contributed by atoms with E-state index in [-0.39, 0.29) is 5.41 Å². The number of carbonyl (C=O) groups is 1. The average molecular weight is 431 g/mol. The highest BCUT2D eigenvalue weighted by Gasteiger charge is 2.57. The van der Waals surface area contributed by atoms with E-state index in [2.05, 4.69) is 56.5 Å². The summed E-state index contributed by atoms with van der Waals surface area (Å²) in [5, 5.41) is 3.40. The van der Waals surface area contributed by atoms with Crippen molar-refractivity contribution in [1.82, 2.24) is 5.32 Å². The van der Waals surface area contributed by atoms with Crippen LogP contribution in [-0.2, 0) is 4.79 Å². The number of hydrogen-bond donors (Lipinski definition) is 1. The molecule has 4 aliphatic carbocycles. The standard InChI is InChI=1S/C23H31BrN2O/c24-23-13-17-10-18(14-23)12-22(11-17,16-23)15-21(27)25-19-6-8-26(9-7-19)20-4-2-1-3-5-20/h1-5,17-19H,6-16H2,(H,25,27). The maximum Gasteiger partial charge on any atom is 0.220 e. The Labute approximate surface area is 171 Å². The van der Waals surface area contributed by atoms with E-state index in [0.717, 1.165) is 44.2 Å². The van der Waals surface area contributed by atoms with Gasteiger partial charge in [-0.25, -0.2) is 0 Å².